The van der Waals surface area contributed by atoms with Crippen LogP contribution in [0.15, 0.2) is 47.4 Å². The largest absolute Gasteiger partial charge is 0.423 e. The van der Waals surface area contributed by atoms with Gasteiger partial charge >= 0.3 is 5.97 Å². The summed E-state index contributed by atoms with van der Waals surface area (Å²) >= 11 is 0. The molecular formula is C19H22O4S. The summed E-state index contributed by atoms with van der Waals surface area (Å²) in [5, 5.41) is 0. The number of aryl methyl sites for hydroxylation is 1. The SMILES string of the molecule is Cc1cc(C(C)(C)C)ccc1OC(=O)c1ccccc1S(C)(=O)=O. The lowest BCUT2D eigenvalue weighted by Gasteiger charge is -2.20. The predicted molar refractivity (Wildman–Crippen MR) is 94.4 cm³/mol. The fraction of sp³-hybridized carbons (Fsp3) is 0.316. The van der Waals surface area contributed by atoms with Crippen LogP contribution in [-0.4, -0.2) is 20.6 Å². The van der Waals surface area contributed by atoms with E-state index in [0.717, 1.165) is 17.4 Å². The highest BCUT2D eigenvalue weighted by Gasteiger charge is 2.21. The van der Waals surface area contributed by atoms with Crippen LogP contribution in [0.25, 0.3) is 0 Å². The molecule has 2 aromatic rings. The van der Waals surface area contributed by atoms with E-state index in [9.17, 15) is 13.2 Å². The van der Waals surface area contributed by atoms with Gasteiger partial charge in [0.05, 0.1) is 10.5 Å². The molecule has 0 saturated carbocycles. The van der Waals surface area contributed by atoms with Crippen molar-refractivity contribution < 1.29 is 17.9 Å². The Bertz CT molecular complexity index is 874. The minimum Gasteiger partial charge on any atom is -0.423 e. The summed E-state index contributed by atoms with van der Waals surface area (Å²) < 4.78 is 29.1. The van der Waals surface area contributed by atoms with Gasteiger partial charge in [-0.1, -0.05) is 45.0 Å². The number of rotatable bonds is 3. The first kappa shape index (κ1) is 18.2. The van der Waals surface area contributed by atoms with Crippen molar-refractivity contribution >= 4 is 15.8 Å². The van der Waals surface area contributed by atoms with Crippen molar-refractivity contribution in [1.29, 1.82) is 0 Å². The number of sulfone groups is 1. The monoisotopic (exact) mass is 346 g/mol. The highest BCUT2D eigenvalue weighted by atomic mass is 32.2. The van der Waals surface area contributed by atoms with Crippen molar-refractivity contribution in [2.45, 2.75) is 38.0 Å². The average molecular weight is 346 g/mol. The van der Waals surface area contributed by atoms with Gasteiger partial charge in [0.1, 0.15) is 5.75 Å². The Morgan fingerprint density at radius 3 is 2.21 bits per heavy atom. The highest BCUT2D eigenvalue weighted by Crippen LogP contribution is 2.28. The Morgan fingerprint density at radius 2 is 1.67 bits per heavy atom. The number of carbonyl (C=O) groups excluding carboxylic acids is 1. The fourth-order valence-electron chi connectivity index (χ4n) is 2.34. The maximum Gasteiger partial charge on any atom is 0.344 e. The second-order valence-electron chi connectivity index (χ2n) is 6.89. The molecule has 0 radical (unpaired) electrons. The molecule has 0 aromatic heterocycles. The minimum absolute atomic E-state index is 0.00378. The molecule has 0 heterocycles. The van der Waals surface area contributed by atoms with Crippen LogP contribution >= 0.6 is 0 Å². The molecule has 0 aliphatic rings. The van der Waals surface area contributed by atoms with Crippen LogP contribution < -0.4 is 4.74 Å². The molecular weight excluding hydrogens is 324 g/mol. The van der Waals surface area contributed by atoms with Crippen molar-refractivity contribution in [1.82, 2.24) is 0 Å². The molecule has 2 aromatic carbocycles. The molecule has 128 valence electrons. The van der Waals surface area contributed by atoms with E-state index in [1.807, 2.05) is 19.1 Å². The molecule has 0 aliphatic carbocycles. The smallest absolute Gasteiger partial charge is 0.344 e. The Kier molecular flexibility index (Phi) is 4.85. The third kappa shape index (κ3) is 4.03. The fourth-order valence-corrected chi connectivity index (χ4v) is 3.22. The zero-order chi connectivity index (χ0) is 18.1. The molecule has 2 rings (SSSR count). The van der Waals surface area contributed by atoms with Crippen molar-refractivity contribution in [3.63, 3.8) is 0 Å². The Hall–Kier alpha value is -2.14. The van der Waals surface area contributed by atoms with Crippen LogP contribution in [0.2, 0.25) is 0 Å². The summed E-state index contributed by atoms with van der Waals surface area (Å²) in [6.45, 7) is 8.18. The van der Waals surface area contributed by atoms with Crippen molar-refractivity contribution in [3.05, 3.63) is 59.2 Å². The molecule has 0 saturated heterocycles. The second kappa shape index (κ2) is 6.40. The van der Waals surface area contributed by atoms with E-state index in [0.29, 0.717) is 5.75 Å². The van der Waals surface area contributed by atoms with Gasteiger partial charge in [-0.2, -0.15) is 0 Å². The number of carbonyl (C=O) groups is 1. The standard InChI is InChI=1S/C19H22O4S/c1-13-12-14(19(2,3)4)10-11-16(13)23-18(20)15-8-6-7-9-17(15)24(5,21)22/h6-12H,1-5H3. The van der Waals surface area contributed by atoms with Gasteiger partial charge in [0.25, 0.3) is 0 Å². The van der Waals surface area contributed by atoms with Crippen LogP contribution in [0.5, 0.6) is 5.75 Å². The van der Waals surface area contributed by atoms with Crippen LogP contribution in [0, 0.1) is 6.92 Å². The first-order valence-electron chi connectivity index (χ1n) is 7.62. The molecule has 0 atom stereocenters. The predicted octanol–water partition coefficient (Wildman–Crippen LogP) is 3.92. The van der Waals surface area contributed by atoms with Gasteiger partial charge in [-0.3, -0.25) is 0 Å². The van der Waals surface area contributed by atoms with Crippen LogP contribution in [0.3, 0.4) is 0 Å². The summed E-state index contributed by atoms with van der Waals surface area (Å²) in [6.07, 6.45) is 1.07. The molecule has 4 nitrogen and oxygen atoms in total. The molecule has 0 fully saturated rings. The summed E-state index contributed by atoms with van der Waals surface area (Å²) in [7, 11) is -3.51. The number of esters is 1. The number of hydrogen-bond acceptors (Lipinski definition) is 4. The van der Waals surface area contributed by atoms with Gasteiger partial charge < -0.3 is 4.74 Å². The second-order valence-corrected chi connectivity index (χ2v) is 8.87. The van der Waals surface area contributed by atoms with E-state index >= 15 is 0 Å². The van der Waals surface area contributed by atoms with Gasteiger partial charge in [0.2, 0.25) is 0 Å². The third-order valence-electron chi connectivity index (χ3n) is 3.75. The van der Waals surface area contributed by atoms with Gasteiger partial charge in [-0.15, -0.1) is 0 Å². The molecule has 0 bridgehead atoms. The molecule has 0 amide bonds. The quantitative estimate of drug-likeness (QED) is 0.624. The van der Waals surface area contributed by atoms with E-state index in [-0.39, 0.29) is 15.9 Å². The van der Waals surface area contributed by atoms with Crippen LogP contribution in [0.4, 0.5) is 0 Å². The lowest BCUT2D eigenvalue weighted by Crippen LogP contribution is -2.15. The van der Waals surface area contributed by atoms with Crippen molar-refractivity contribution in [2.75, 3.05) is 6.26 Å². The Morgan fingerprint density at radius 1 is 1.04 bits per heavy atom. The zero-order valence-electron chi connectivity index (χ0n) is 14.6. The molecule has 0 aliphatic heterocycles. The molecule has 0 spiro atoms. The Labute approximate surface area is 143 Å². The van der Waals surface area contributed by atoms with E-state index in [2.05, 4.69) is 20.8 Å². The summed E-state index contributed by atoms with van der Waals surface area (Å²) in [5.74, 6) is -0.251. The van der Waals surface area contributed by atoms with E-state index < -0.39 is 15.8 Å². The molecule has 0 unspecified atom stereocenters. The highest BCUT2D eigenvalue weighted by molar-refractivity contribution is 7.90. The zero-order valence-corrected chi connectivity index (χ0v) is 15.4. The third-order valence-corrected chi connectivity index (χ3v) is 4.90. The summed E-state index contributed by atoms with van der Waals surface area (Å²) in [5.41, 5.74) is 2.00. The topological polar surface area (TPSA) is 60.4 Å². The molecule has 0 N–H and O–H groups in total. The first-order chi connectivity index (χ1) is 11.0. The number of hydrogen-bond donors (Lipinski definition) is 0. The maximum absolute atomic E-state index is 12.4. The van der Waals surface area contributed by atoms with E-state index in [1.54, 1.807) is 18.2 Å². The summed E-state index contributed by atoms with van der Waals surface area (Å²) in [4.78, 5) is 12.4. The number of benzene rings is 2. The average Bonchev–Trinajstić information content (AvgIpc) is 2.47. The van der Waals surface area contributed by atoms with Gasteiger partial charge in [0, 0.05) is 6.26 Å². The lowest BCUT2D eigenvalue weighted by molar-refractivity contribution is 0.0729. The maximum atomic E-state index is 12.4. The normalized spacial score (nSPS) is 12.0. The van der Waals surface area contributed by atoms with Gasteiger partial charge in [0.15, 0.2) is 9.84 Å². The minimum atomic E-state index is -3.51. The van der Waals surface area contributed by atoms with Crippen molar-refractivity contribution in [3.8, 4) is 5.75 Å². The number of ether oxygens (including phenoxy) is 1. The van der Waals surface area contributed by atoms with Crippen LogP contribution in [-0.2, 0) is 15.3 Å². The Balaban J connectivity index is 2.35. The van der Waals surface area contributed by atoms with Crippen molar-refractivity contribution in [2.24, 2.45) is 0 Å². The van der Waals surface area contributed by atoms with E-state index in [4.69, 9.17) is 4.74 Å². The first-order valence-corrected chi connectivity index (χ1v) is 9.51. The molecule has 5 heteroatoms. The van der Waals surface area contributed by atoms with E-state index in [1.165, 1.54) is 12.1 Å². The van der Waals surface area contributed by atoms with Gasteiger partial charge in [-0.05, 0) is 41.7 Å². The lowest BCUT2D eigenvalue weighted by atomic mass is 9.86. The molecule has 24 heavy (non-hydrogen) atoms. The van der Waals surface area contributed by atoms with Gasteiger partial charge in [-0.25, -0.2) is 13.2 Å². The summed E-state index contributed by atoms with van der Waals surface area (Å²) in [6, 6.07) is 11.7. The van der Waals surface area contributed by atoms with Crippen LogP contribution in [0.1, 0.15) is 42.3 Å².